The summed E-state index contributed by atoms with van der Waals surface area (Å²) in [4.78, 5) is 45.9. The Morgan fingerprint density at radius 3 is 1.15 bits per heavy atom. The summed E-state index contributed by atoms with van der Waals surface area (Å²) in [7, 11) is 0. The predicted molar refractivity (Wildman–Crippen MR) is 220 cm³/mol. The SMILES string of the molecule is O=C(Nc1cc(-c2ccccc2)nn1-c1ccccc1F)c1ccc([N+](=O)[O-])cc1.O=C(Nc1cc(-c2ccccc2)nn1-c1ccccc1F)c1ccc([N+](=O)[O-])cc1. The largest absolute Gasteiger partial charge is 0.306 e. The summed E-state index contributed by atoms with van der Waals surface area (Å²) in [6, 6.07) is 44.5. The third-order valence-electron chi connectivity index (χ3n) is 8.88. The van der Waals surface area contributed by atoms with Gasteiger partial charge in [-0.15, -0.1) is 0 Å². The first-order valence-electron chi connectivity index (χ1n) is 18.0. The predicted octanol–water partition coefficient (Wildman–Crippen LogP) is 9.68. The van der Waals surface area contributed by atoms with Crippen LogP contribution in [0, 0.1) is 31.9 Å². The zero-order valence-corrected chi connectivity index (χ0v) is 31.1. The Morgan fingerprint density at radius 1 is 0.483 bits per heavy atom. The van der Waals surface area contributed by atoms with E-state index in [9.17, 15) is 38.6 Å². The number of carbonyl (C=O) groups is 2. The van der Waals surface area contributed by atoms with E-state index in [1.807, 2.05) is 60.7 Å². The Kier molecular flexibility index (Phi) is 11.6. The van der Waals surface area contributed by atoms with Gasteiger partial charge in [0.05, 0.1) is 21.2 Å². The van der Waals surface area contributed by atoms with E-state index >= 15 is 0 Å². The lowest BCUT2D eigenvalue weighted by Gasteiger charge is -2.09. The number of carbonyl (C=O) groups excluding carboxylic acids is 2. The molecule has 2 aromatic heterocycles. The molecule has 60 heavy (non-hydrogen) atoms. The first-order chi connectivity index (χ1) is 29.0. The van der Waals surface area contributed by atoms with E-state index in [0.717, 1.165) is 11.1 Å². The summed E-state index contributed by atoms with van der Waals surface area (Å²) >= 11 is 0. The molecule has 0 fully saturated rings. The Morgan fingerprint density at radius 2 is 0.817 bits per heavy atom. The van der Waals surface area contributed by atoms with Crippen molar-refractivity contribution in [2.24, 2.45) is 0 Å². The number of nitro benzene ring substituents is 2. The first kappa shape index (κ1) is 39.6. The van der Waals surface area contributed by atoms with Crippen LogP contribution in [0.25, 0.3) is 33.9 Å². The number of aromatic nitrogens is 4. The molecular formula is C44H30F2N8O6. The van der Waals surface area contributed by atoms with E-state index in [4.69, 9.17) is 0 Å². The third-order valence-corrected chi connectivity index (χ3v) is 8.88. The van der Waals surface area contributed by atoms with E-state index in [1.165, 1.54) is 70.0 Å². The Balaban J connectivity index is 0.000000181. The van der Waals surface area contributed by atoms with Crippen molar-refractivity contribution in [2.75, 3.05) is 10.6 Å². The van der Waals surface area contributed by atoms with Crippen LogP contribution in [0.4, 0.5) is 31.8 Å². The Bertz CT molecular complexity index is 2640. The molecule has 0 spiro atoms. The van der Waals surface area contributed by atoms with Crippen molar-refractivity contribution in [3.05, 3.63) is 213 Å². The second kappa shape index (κ2) is 17.6. The van der Waals surface area contributed by atoms with Gasteiger partial charge in [0, 0.05) is 58.7 Å². The molecule has 14 nitrogen and oxygen atoms in total. The third kappa shape index (κ3) is 8.98. The highest BCUT2D eigenvalue weighted by atomic mass is 19.1. The number of para-hydroxylation sites is 2. The van der Waals surface area contributed by atoms with E-state index in [1.54, 1.807) is 48.5 Å². The highest BCUT2D eigenvalue weighted by Crippen LogP contribution is 2.28. The van der Waals surface area contributed by atoms with Crippen LogP contribution in [0.1, 0.15) is 20.7 Å². The van der Waals surface area contributed by atoms with Gasteiger partial charge in [-0.25, -0.2) is 18.1 Å². The van der Waals surface area contributed by atoms with E-state index < -0.39 is 33.3 Å². The van der Waals surface area contributed by atoms with Gasteiger partial charge in [-0.1, -0.05) is 84.9 Å². The second-order valence-electron chi connectivity index (χ2n) is 12.8. The lowest BCUT2D eigenvalue weighted by molar-refractivity contribution is -0.385. The highest BCUT2D eigenvalue weighted by molar-refractivity contribution is 6.05. The zero-order valence-electron chi connectivity index (χ0n) is 31.1. The molecule has 296 valence electrons. The van der Waals surface area contributed by atoms with Gasteiger partial charge in [0.2, 0.25) is 0 Å². The molecule has 0 saturated heterocycles. The van der Waals surface area contributed by atoms with Gasteiger partial charge in [-0.05, 0) is 48.5 Å². The molecule has 8 rings (SSSR count). The molecule has 6 aromatic carbocycles. The van der Waals surface area contributed by atoms with Gasteiger partial charge in [0.15, 0.2) is 0 Å². The van der Waals surface area contributed by atoms with Gasteiger partial charge in [-0.2, -0.15) is 10.2 Å². The van der Waals surface area contributed by atoms with E-state index in [-0.39, 0.29) is 45.5 Å². The molecule has 2 amide bonds. The van der Waals surface area contributed by atoms with Crippen LogP contribution in [0.15, 0.2) is 170 Å². The normalized spacial score (nSPS) is 10.6. The van der Waals surface area contributed by atoms with Gasteiger partial charge in [-0.3, -0.25) is 29.8 Å². The summed E-state index contributed by atoms with van der Waals surface area (Å²) in [5.41, 5.74) is 3.29. The number of halogens is 2. The number of rotatable bonds is 10. The van der Waals surface area contributed by atoms with E-state index in [0.29, 0.717) is 11.4 Å². The molecule has 0 aliphatic carbocycles. The number of benzene rings is 6. The number of nitrogens with one attached hydrogen (secondary N) is 2. The average Bonchev–Trinajstić information content (AvgIpc) is 3.89. The molecule has 0 atom stereocenters. The minimum absolute atomic E-state index is 0.116. The number of anilines is 2. The fourth-order valence-electron chi connectivity index (χ4n) is 5.90. The minimum atomic E-state index is -0.541. The molecule has 0 aliphatic rings. The van der Waals surface area contributed by atoms with Crippen LogP contribution in [0.2, 0.25) is 0 Å². The first-order valence-corrected chi connectivity index (χ1v) is 18.0. The maximum atomic E-state index is 14.4. The molecule has 0 saturated carbocycles. The lowest BCUT2D eigenvalue weighted by atomic mass is 10.1. The van der Waals surface area contributed by atoms with Crippen LogP contribution in [-0.2, 0) is 0 Å². The van der Waals surface area contributed by atoms with Crippen molar-refractivity contribution < 1.29 is 28.2 Å². The van der Waals surface area contributed by atoms with Crippen molar-refractivity contribution in [1.29, 1.82) is 0 Å². The number of hydrogen-bond donors (Lipinski definition) is 2. The number of hydrogen-bond acceptors (Lipinski definition) is 8. The van der Waals surface area contributed by atoms with Crippen LogP contribution in [0.5, 0.6) is 0 Å². The molecule has 16 heteroatoms. The zero-order chi connectivity index (χ0) is 42.2. The van der Waals surface area contributed by atoms with Crippen molar-refractivity contribution in [3.63, 3.8) is 0 Å². The van der Waals surface area contributed by atoms with Gasteiger partial charge in [0.25, 0.3) is 23.2 Å². The number of amides is 2. The maximum absolute atomic E-state index is 14.4. The molecule has 0 bridgehead atoms. The monoisotopic (exact) mass is 804 g/mol. The summed E-state index contributed by atoms with van der Waals surface area (Å²) in [6.07, 6.45) is 0. The van der Waals surface area contributed by atoms with Gasteiger partial charge >= 0.3 is 0 Å². The lowest BCUT2D eigenvalue weighted by Crippen LogP contribution is -2.15. The quantitative estimate of drug-likeness (QED) is 0.101. The van der Waals surface area contributed by atoms with Gasteiger partial charge in [0.1, 0.15) is 34.6 Å². The molecule has 0 aliphatic heterocycles. The standard InChI is InChI=1S/2C22H15FN4O3/c2*23-18-8-4-5-9-20(18)26-21(14-19(25-26)15-6-2-1-3-7-15)24-22(28)16-10-12-17(13-11-16)27(29)30/h2*1-14H,(H,24,28). The fraction of sp³-hybridized carbons (Fsp3) is 0. The molecule has 2 N–H and O–H groups in total. The van der Waals surface area contributed by atoms with Crippen LogP contribution < -0.4 is 10.6 Å². The summed E-state index contributed by atoms with van der Waals surface area (Å²) in [5, 5.41) is 36.0. The average molecular weight is 805 g/mol. The van der Waals surface area contributed by atoms with Gasteiger partial charge < -0.3 is 10.6 Å². The Labute approximate surface area is 339 Å². The Hall–Kier alpha value is -8.66. The fourth-order valence-corrected chi connectivity index (χ4v) is 5.90. The highest BCUT2D eigenvalue weighted by Gasteiger charge is 2.19. The van der Waals surface area contributed by atoms with Crippen LogP contribution >= 0.6 is 0 Å². The van der Waals surface area contributed by atoms with Crippen LogP contribution in [-0.4, -0.2) is 41.2 Å². The van der Waals surface area contributed by atoms with Crippen molar-refractivity contribution in [2.45, 2.75) is 0 Å². The second-order valence-corrected chi connectivity index (χ2v) is 12.8. The van der Waals surface area contributed by atoms with Crippen molar-refractivity contribution in [1.82, 2.24) is 19.6 Å². The van der Waals surface area contributed by atoms with Crippen LogP contribution in [0.3, 0.4) is 0 Å². The number of nitro groups is 2. The molecule has 0 radical (unpaired) electrons. The topological polar surface area (TPSA) is 180 Å². The molecular weight excluding hydrogens is 775 g/mol. The summed E-state index contributed by atoms with van der Waals surface area (Å²) in [6.45, 7) is 0. The molecule has 0 unspecified atom stereocenters. The summed E-state index contributed by atoms with van der Waals surface area (Å²) in [5.74, 6) is -1.45. The molecule has 2 heterocycles. The molecule has 8 aromatic rings. The van der Waals surface area contributed by atoms with Crippen molar-refractivity contribution >= 4 is 34.8 Å². The number of nitrogens with zero attached hydrogens (tertiary/aromatic N) is 6. The minimum Gasteiger partial charge on any atom is -0.306 e. The number of non-ortho nitro benzene ring substituents is 2. The maximum Gasteiger partial charge on any atom is 0.269 e. The van der Waals surface area contributed by atoms with E-state index in [2.05, 4.69) is 20.8 Å². The van der Waals surface area contributed by atoms with Crippen molar-refractivity contribution in [3.8, 4) is 33.9 Å². The summed E-state index contributed by atoms with van der Waals surface area (Å²) < 4.78 is 31.5. The smallest absolute Gasteiger partial charge is 0.269 e.